The first-order chi connectivity index (χ1) is 11.9. The predicted molar refractivity (Wildman–Crippen MR) is 86.9 cm³/mol. The molecule has 0 radical (unpaired) electrons. The predicted octanol–water partition coefficient (Wildman–Crippen LogP) is 1.98. The molecule has 0 fully saturated rings. The summed E-state index contributed by atoms with van der Waals surface area (Å²) in [6.07, 6.45) is 2.84. The van der Waals surface area contributed by atoms with E-state index in [1.165, 1.54) is 37.5 Å². The second-order valence-corrected chi connectivity index (χ2v) is 5.55. The van der Waals surface area contributed by atoms with E-state index >= 15 is 0 Å². The van der Waals surface area contributed by atoms with Gasteiger partial charge in [-0.05, 0) is 25.1 Å². The van der Waals surface area contributed by atoms with Crippen LogP contribution in [0.3, 0.4) is 0 Å². The van der Waals surface area contributed by atoms with E-state index in [9.17, 15) is 25.0 Å². The molecule has 0 aliphatic carbocycles. The quantitative estimate of drug-likeness (QED) is 0.648. The Kier molecular flexibility index (Phi) is 3.65. The van der Waals surface area contributed by atoms with Gasteiger partial charge in [0.15, 0.2) is 5.41 Å². The summed E-state index contributed by atoms with van der Waals surface area (Å²) in [6.45, 7) is 1.41. The molecule has 9 nitrogen and oxygen atoms in total. The van der Waals surface area contributed by atoms with Crippen LogP contribution in [0.5, 0.6) is 0 Å². The summed E-state index contributed by atoms with van der Waals surface area (Å²) in [5, 5.41) is 25.6. The molecule has 9 heteroatoms. The number of pyridine rings is 1. The van der Waals surface area contributed by atoms with Crippen molar-refractivity contribution in [3.8, 4) is 6.07 Å². The highest BCUT2D eigenvalue weighted by atomic mass is 16.6. The Hall–Kier alpha value is -3.80. The lowest BCUT2D eigenvalue weighted by Crippen LogP contribution is -2.29. The number of hydrogen-bond acceptors (Lipinski definition) is 6. The molecule has 1 aliphatic heterocycles. The number of nitro groups is 1. The molecule has 1 aliphatic rings. The van der Waals surface area contributed by atoms with Crippen molar-refractivity contribution < 1.29 is 14.5 Å². The van der Waals surface area contributed by atoms with Crippen molar-refractivity contribution >= 4 is 28.9 Å². The molecule has 0 bridgehead atoms. The number of nitro benzene ring substituents is 1. The van der Waals surface area contributed by atoms with Gasteiger partial charge in [0, 0.05) is 29.6 Å². The molecule has 25 heavy (non-hydrogen) atoms. The van der Waals surface area contributed by atoms with Crippen molar-refractivity contribution in [1.82, 2.24) is 4.98 Å². The molecule has 0 saturated carbocycles. The third-order valence-electron chi connectivity index (χ3n) is 3.99. The second kappa shape index (κ2) is 5.68. The highest BCUT2D eigenvalue weighted by Gasteiger charge is 2.44. The first-order valence-electron chi connectivity index (χ1n) is 7.14. The maximum absolute atomic E-state index is 12.3. The van der Waals surface area contributed by atoms with Crippen LogP contribution in [-0.4, -0.2) is 21.7 Å². The molecule has 3 rings (SSSR count). The maximum Gasteiger partial charge on any atom is 0.294 e. The van der Waals surface area contributed by atoms with Crippen molar-refractivity contribution in [1.29, 1.82) is 5.26 Å². The number of aromatic nitrogens is 1. The SMILES string of the molecule is CC1(C#N)C(=O)Nc2cc([N+](=O)[O-])c(NC(=O)c3ccncc3)cc21. The van der Waals surface area contributed by atoms with Crippen LogP contribution < -0.4 is 10.6 Å². The summed E-state index contributed by atoms with van der Waals surface area (Å²) >= 11 is 0. The van der Waals surface area contributed by atoms with Crippen LogP contribution in [0.2, 0.25) is 0 Å². The van der Waals surface area contributed by atoms with Crippen LogP contribution in [-0.2, 0) is 10.2 Å². The smallest absolute Gasteiger partial charge is 0.294 e. The summed E-state index contributed by atoms with van der Waals surface area (Å²) in [7, 11) is 0. The molecular weight excluding hydrogens is 326 g/mol. The molecule has 1 aromatic heterocycles. The Morgan fingerprint density at radius 1 is 1.40 bits per heavy atom. The van der Waals surface area contributed by atoms with Crippen molar-refractivity contribution in [2.75, 3.05) is 10.6 Å². The standard InChI is InChI=1S/C16H11N5O4/c1-16(8-17)10-6-12(19-14(22)9-2-4-18-5-3-9)13(21(24)25)7-11(10)20-15(16)23/h2-7H,1H3,(H,19,22)(H,20,23). The number of amides is 2. The van der Waals surface area contributed by atoms with Crippen molar-refractivity contribution in [2.24, 2.45) is 0 Å². The Balaban J connectivity index is 2.08. The lowest BCUT2D eigenvalue weighted by atomic mass is 9.85. The number of anilines is 2. The zero-order valence-corrected chi connectivity index (χ0v) is 12.9. The van der Waals surface area contributed by atoms with Gasteiger partial charge < -0.3 is 10.6 Å². The van der Waals surface area contributed by atoms with Crippen LogP contribution >= 0.6 is 0 Å². The van der Waals surface area contributed by atoms with Gasteiger partial charge in [-0.2, -0.15) is 5.26 Å². The molecule has 2 heterocycles. The Labute approximate surface area is 141 Å². The van der Waals surface area contributed by atoms with Gasteiger partial charge in [-0.25, -0.2) is 0 Å². The normalized spacial score (nSPS) is 18.0. The fourth-order valence-corrected chi connectivity index (χ4v) is 2.53. The van der Waals surface area contributed by atoms with Gasteiger partial charge >= 0.3 is 0 Å². The van der Waals surface area contributed by atoms with Crippen molar-refractivity contribution in [3.63, 3.8) is 0 Å². The largest absolute Gasteiger partial charge is 0.324 e. The molecule has 1 unspecified atom stereocenters. The molecule has 124 valence electrons. The van der Waals surface area contributed by atoms with Crippen molar-refractivity contribution in [3.05, 3.63) is 57.9 Å². The van der Waals surface area contributed by atoms with Crippen LogP contribution in [0.4, 0.5) is 17.1 Å². The Morgan fingerprint density at radius 3 is 2.68 bits per heavy atom. The molecule has 0 spiro atoms. The van der Waals surface area contributed by atoms with E-state index in [-0.39, 0.29) is 28.2 Å². The van der Waals surface area contributed by atoms with E-state index in [4.69, 9.17) is 0 Å². The molecule has 0 saturated heterocycles. The molecule has 2 aromatic rings. The summed E-state index contributed by atoms with van der Waals surface area (Å²) in [4.78, 5) is 38.7. The summed E-state index contributed by atoms with van der Waals surface area (Å²) < 4.78 is 0. The molecule has 1 aromatic carbocycles. The van der Waals surface area contributed by atoms with Crippen LogP contribution in [0.1, 0.15) is 22.8 Å². The number of rotatable bonds is 3. The van der Waals surface area contributed by atoms with Gasteiger partial charge in [0.1, 0.15) is 5.69 Å². The van der Waals surface area contributed by atoms with Gasteiger partial charge in [-0.1, -0.05) is 0 Å². The number of nitrogens with one attached hydrogen (secondary N) is 2. The van der Waals surface area contributed by atoms with E-state index in [1.807, 2.05) is 6.07 Å². The van der Waals surface area contributed by atoms with Gasteiger partial charge in [-0.3, -0.25) is 24.7 Å². The molecule has 2 N–H and O–H groups in total. The molecule has 1 atom stereocenters. The topological polar surface area (TPSA) is 138 Å². The van der Waals surface area contributed by atoms with Crippen LogP contribution in [0.15, 0.2) is 36.7 Å². The van der Waals surface area contributed by atoms with E-state index in [2.05, 4.69) is 15.6 Å². The fourth-order valence-electron chi connectivity index (χ4n) is 2.53. The maximum atomic E-state index is 12.3. The average Bonchev–Trinajstić information content (AvgIpc) is 2.86. The lowest BCUT2D eigenvalue weighted by molar-refractivity contribution is -0.383. The van der Waals surface area contributed by atoms with E-state index in [0.717, 1.165) is 6.07 Å². The fraction of sp³-hybridized carbons (Fsp3) is 0.125. The van der Waals surface area contributed by atoms with Gasteiger partial charge in [0.25, 0.3) is 11.6 Å². The highest BCUT2D eigenvalue weighted by Crippen LogP contribution is 2.42. The number of carbonyl (C=O) groups excluding carboxylic acids is 2. The Morgan fingerprint density at radius 2 is 2.08 bits per heavy atom. The first-order valence-corrected chi connectivity index (χ1v) is 7.14. The third kappa shape index (κ3) is 2.55. The Bertz CT molecular complexity index is 951. The summed E-state index contributed by atoms with van der Waals surface area (Å²) in [6, 6.07) is 7.24. The summed E-state index contributed by atoms with van der Waals surface area (Å²) in [5.74, 6) is -1.14. The minimum Gasteiger partial charge on any atom is -0.324 e. The number of benzene rings is 1. The molecular formula is C16H11N5O4. The minimum atomic E-state index is -1.49. The number of hydrogen-bond donors (Lipinski definition) is 2. The minimum absolute atomic E-state index is 0.0939. The summed E-state index contributed by atoms with van der Waals surface area (Å²) in [5.41, 5.74) is -1.24. The van der Waals surface area contributed by atoms with E-state index in [1.54, 1.807) is 0 Å². The van der Waals surface area contributed by atoms with Gasteiger partial charge in [0.2, 0.25) is 5.91 Å². The zero-order valence-electron chi connectivity index (χ0n) is 12.9. The van der Waals surface area contributed by atoms with Gasteiger partial charge in [0.05, 0.1) is 16.7 Å². The second-order valence-electron chi connectivity index (χ2n) is 5.55. The third-order valence-corrected chi connectivity index (χ3v) is 3.99. The number of fused-ring (bicyclic) bond motifs is 1. The monoisotopic (exact) mass is 337 g/mol. The van der Waals surface area contributed by atoms with E-state index in [0.29, 0.717) is 0 Å². The number of nitriles is 1. The molecule has 2 amide bonds. The number of nitrogens with zero attached hydrogens (tertiary/aromatic N) is 3. The number of carbonyl (C=O) groups is 2. The van der Waals surface area contributed by atoms with Gasteiger partial charge in [-0.15, -0.1) is 0 Å². The van der Waals surface area contributed by atoms with E-state index < -0.39 is 22.2 Å². The highest BCUT2D eigenvalue weighted by molar-refractivity contribution is 6.10. The lowest BCUT2D eigenvalue weighted by Gasteiger charge is -2.13. The van der Waals surface area contributed by atoms with Crippen molar-refractivity contribution in [2.45, 2.75) is 12.3 Å². The first kappa shape index (κ1) is 16.1. The van der Waals surface area contributed by atoms with Crippen LogP contribution in [0.25, 0.3) is 0 Å². The zero-order chi connectivity index (χ0) is 18.2. The van der Waals surface area contributed by atoms with Crippen LogP contribution in [0, 0.1) is 21.4 Å². The average molecular weight is 337 g/mol.